The Morgan fingerprint density at radius 1 is 0.786 bits per heavy atom. The molecule has 0 amide bonds. The minimum Gasteiger partial charge on any atom is -0.208 e. The predicted octanol–water partition coefficient (Wildman–Crippen LogP) is 5.00. The molecule has 4 heteroatoms. The molecule has 28 heavy (non-hydrogen) atoms. The first-order chi connectivity index (χ1) is 13.3. The van der Waals surface area contributed by atoms with Crippen molar-refractivity contribution in [3.63, 3.8) is 0 Å². The fraction of sp³-hybridized carbons (Fsp3) is 0.250. The second-order valence-corrected chi connectivity index (χ2v) is 9.14. The average molecular weight is 394 g/mol. The van der Waals surface area contributed by atoms with Gasteiger partial charge < -0.3 is 0 Å². The third kappa shape index (κ3) is 5.09. The third-order valence-corrected chi connectivity index (χ3v) is 6.65. The van der Waals surface area contributed by atoms with Crippen molar-refractivity contribution in [2.45, 2.75) is 44.0 Å². The van der Waals surface area contributed by atoms with E-state index in [0.717, 1.165) is 12.0 Å². The molecule has 0 aromatic heterocycles. The van der Waals surface area contributed by atoms with Crippen LogP contribution in [0.3, 0.4) is 0 Å². The lowest BCUT2D eigenvalue weighted by atomic mass is 9.86. The van der Waals surface area contributed by atoms with Gasteiger partial charge in [-0.2, -0.15) is 0 Å². The summed E-state index contributed by atoms with van der Waals surface area (Å²) in [6.07, 6.45) is 0.766. The molecule has 1 N–H and O–H groups in total. The average Bonchev–Trinajstić information content (AvgIpc) is 2.69. The van der Waals surface area contributed by atoms with Crippen LogP contribution in [-0.2, 0) is 16.4 Å². The van der Waals surface area contributed by atoms with E-state index >= 15 is 0 Å². The first-order valence-electron chi connectivity index (χ1n) is 9.54. The quantitative estimate of drug-likeness (QED) is 0.614. The monoisotopic (exact) mass is 393 g/mol. The first-order valence-corrected chi connectivity index (χ1v) is 11.0. The van der Waals surface area contributed by atoms with Crippen LogP contribution in [0.2, 0.25) is 0 Å². The molecule has 3 rings (SSSR count). The van der Waals surface area contributed by atoms with E-state index in [-0.39, 0.29) is 12.0 Å². The van der Waals surface area contributed by atoms with Crippen molar-refractivity contribution >= 4 is 10.0 Å². The van der Waals surface area contributed by atoms with Gasteiger partial charge in [0.25, 0.3) is 0 Å². The number of rotatable bonds is 7. The highest BCUT2D eigenvalue weighted by atomic mass is 32.2. The van der Waals surface area contributed by atoms with Crippen LogP contribution in [0, 0.1) is 13.8 Å². The zero-order valence-corrected chi connectivity index (χ0v) is 17.4. The van der Waals surface area contributed by atoms with Gasteiger partial charge in [0.15, 0.2) is 0 Å². The van der Waals surface area contributed by atoms with Crippen LogP contribution in [0.15, 0.2) is 83.8 Å². The van der Waals surface area contributed by atoms with Gasteiger partial charge in [0, 0.05) is 12.0 Å². The van der Waals surface area contributed by atoms with Gasteiger partial charge >= 0.3 is 0 Å². The second kappa shape index (κ2) is 8.72. The molecule has 0 saturated carbocycles. The lowest BCUT2D eigenvalue weighted by Gasteiger charge is -2.26. The van der Waals surface area contributed by atoms with Crippen LogP contribution in [0.4, 0.5) is 0 Å². The van der Waals surface area contributed by atoms with Crippen molar-refractivity contribution in [1.82, 2.24) is 4.72 Å². The van der Waals surface area contributed by atoms with Crippen LogP contribution >= 0.6 is 0 Å². The Labute approximate surface area is 168 Å². The fourth-order valence-corrected chi connectivity index (χ4v) is 4.67. The number of aryl methyl sites for hydroxylation is 2. The number of hydrogen-bond donors (Lipinski definition) is 1. The maximum Gasteiger partial charge on any atom is 0.240 e. The number of nitrogens with one attached hydrogen (secondary N) is 1. The van der Waals surface area contributed by atoms with Gasteiger partial charge in [-0.25, -0.2) is 13.1 Å². The molecule has 146 valence electrons. The van der Waals surface area contributed by atoms with E-state index in [1.807, 2.05) is 13.0 Å². The summed E-state index contributed by atoms with van der Waals surface area (Å²) >= 11 is 0. The van der Waals surface area contributed by atoms with Gasteiger partial charge in [0.05, 0.1) is 4.90 Å². The Bertz CT molecular complexity index is 995. The third-order valence-electron chi connectivity index (χ3n) is 5.08. The molecular weight excluding hydrogens is 366 g/mol. The van der Waals surface area contributed by atoms with Crippen molar-refractivity contribution in [2.24, 2.45) is 0 Å². The van der Waals surface area contributed by atoms with Gasteiger partial charge in [-0.1, -0.05) is 77.9 Å². The summed E-state index contributed by atoms with van der Waals surface area (Å²) in [4.78, 5) is 0.292. The Balaban J connectivity index is 1.89. The standard InChI is InChI=1S/C24H27NO2S/c1-18-9-13-21(14-10-18)17-24(22-15-11-19(2)12-16-22)20(3)25-28(26,27)23-7-5-4-6-8-23/h4-16,20,24-25H,17H2,1-3H3. The van der Waals surface area contributed by atoms with Gasteiger partial charge in [0.1, 0.15) is 0 Å². The van der Waals surface area contributed by atoms with Crippen LogP contribution in [0.5, 0.6) is 0 Å². The highest BCUT2D eigenvalue weighted by Gasteiger charge is 2.25. The predicted molar refractivity (Wildman–Crippen MR) is 115 cm³/mol. The van der Waals surface area contributed by atoms with Crippen molar-refractivity contribution in [3.05, 3.63) is 101 Å². The summed E-state index contributed by atoms with van der Waals surface area (Å²) in [5.74, 6) is 0.0294. The molecule has 0 saturated heterocycles. The zero-order valence-electron chi connectivity index (χ0n) is 16.6. The van der Waals surface area contributed by atoms with Crippen LogP contribution in [0.25, 0.3) is 0 Å². The molecule has 0 aliphatic heterocycles. The fourth-order valence-electron chi connectivity index (χ4n) is 3.37. The lowest BCUT2D eigenvalue weighted by Crippen LogP contribution is -2.37. The molecule has 2 atom stereocenters. The molecule has 2 unspecified atom stereocenters. The maximum atomic E-state index is 12.8. The summed E-state index contributed by atoms with van der Waals surface area (Å²) < 4.78 is 28.5. The van der Waals surface area contributed by atoms with Crippen molar-refractivity contribution in [3.8, 4) is 0 Å². The highest BCUT2D eigenvalue weighted by molar-refractivity contribution is 7.89. The highest BCUT2D eigenvalue weighted by Crippen LogP contribution is 2.26. The Kier molecular flexibility index (Phi) is 6.32. The van der Waals surface area contributed by atoms with E-state index in [1.54, 1.807) is 24.3 Å². The van der Waals surface area contributed by atoms with E-state index in [0.29, 0.717) is 4.90 Å². The van der Waals surface area contributed by atoms with Gasteiger partial charge in [-0.15, -0.1) is 0 Å². The molecule has 0 aliphatic carbocycles. The second-order valence-electron chi connectivity index (χ2n) is 7.43. The molecule has 0 aliphatic rings. The number of sulfonamides is 1. The molecule has 3 aromatic carbocycles. The molecule has 0 heterocycles. The van der Waals surface area contributed by atoms with E-state index < -0.39 is 10.0 Å². The molecule has 0 radical (unpaired) electrons. The van der Waals surface area contributed by atoms with Gasteiger partial charge in [-0.3, -0.25) is 0 Å². The van der Waals surface area contributed by atoms with E-state index in [1.165, 1.54) is 16.7 Å². The normalized spacial score (nSPS) is 13.8. The molecule has 0 bridgehead atoms. The van der Waals surface area contributed by atoms with Crippen LogP contribution in [0.1, 0.15) is 35.1 Å². The summed E-state index contributed by atoms with van der Waals surface area (Å²) in [7, 11) is -3.57. The smallest absolute Gasteiger partial charge is 0.208 e. The van der Waals surface area contributed by atoms with Crippen LogP contribution < -0.4 is 4.72 Å². The van der Waals surface area contributed by atoms with E-state index in [4.69, 9.17) is 0 Å². The van der Waals surface area contributed by atoms with Crippen LogP contribution in [-0.4, -0.2) is 14.5 Å². The largest absolute Gasteiger partial charge is 0.240 e. The molecule has 0 spiro atoms. The maximum absolute atomic E-state index is 12.8. The molecular formula is C24H27NO2S. The Morgan fingerprint density at radius 2 is 1.32 bits per heavy atom. The minimum absolute atomic E-state index is 0.0294. The molecule has 3 aromatic rings. The summed E-state index contributed by atoms with van der Waals surface area (Å²) in [6.45, 7) is 6.07. The van der Waals surface area contributed by atoms with E-state index in [2.05, 4.69) is 67.1 Å². The Hall–Kier alpha value is -2.43. The SMILES string of the molecule is Cc1ccc(CC(c2ccc(C)cc2)C(C)NS(=O)(=O)c2ccccc2)cc1. The minimum atomic E-state index is -3.57. The van der Waals surface area contributed by atoms with Crippen molar-refractivity contribution in [2.75, 3.05) is 0 Å². The zero-order chi connectivity index (χ0) is 20.1. The molecule has 3 nitrogen and oxygen atoms in total. The lowest BCUT2D eigenvalue weighted by molar-refractivity contribution is 0.503. The Morgan fingerprint density at radius 3 is 1.89 bits per heavy atom. The number of hydrogen-bond acceptors (Lipinski definition) is 2. The van der Waals surface area contributed by atoms with E-state index in [9.17, 15) is 8.42 Å². The van der Waals surface area contributed by atoms with Crippen molar-refractivity contribution < 1.29 is 8.42 Å². The number of benzene rings is 3. The topological polar surface area (TPSA) is 46.2 Å². The summed E-state index contributed by atoms with van der Waals surface area (Å²) in [5.41, 5.74) is 4.74. The molecule has 0 fully saturated rings. The van der Waals surface area contributed by atoms with Gasteiger partial charge in [-0.05, 0) is 50.5 Å². The first kappa shape index (κ1) is 20.3. The van der Waals surface area contributed by atoms with Crippen molar-refractivity contribution in [1.29, 1.82) is 0 Å². The summed E-state index contributed by atoms with van der Waals surface area (Å²) in [6, 6.07) is 25.1. The summed E-state index contributed by atoms with van der Waals surface area (Å²) in [5, 5.41) is 0. The van der Waals surface area contributed by atoms with Gasteiger partial charge in [0.2, 0.25) is 10.0 Å².